The van der Waals surface area contributed by atoms with E-state index in [2.05, 4.69) is 25.3 Å². The number of rotatable bonds is 1. The zero-order chi connectivity index (χ0) is 18.2. The third-order valence-corrected chi connectivity index (χ3v) is 10.6. The molecule has 5 saturated carbocycles. The predicted octanol–water partition coefficient (Wildman–Crippen LogP) is 1.79. The van der Waals surface area contributed by atoms with Crippen LogP contribution in [0.2, 0.25) is 0 Å². The highest BCUT2D eigenvalue weighted by atomic mass is 16.3. The third kappa shape index (κ3) is 1.37. The maximum absolute atomic E-state index is 11.5. The Bertz CT molecular complexity index is 695. The molecule has 6 fully saturated rings. The van der Waals surface area contributed by atoms with Crippen molar-refractivity contribution in [2.24, 2.45) is 39.9 Å². The van der Waals surface area contributed by atoms with Gasteiger partial charge in [0.25, 0.3) is 0 Å². The summed E-state index contributed by atoms with van der Waals surface area (Å²) in [4.78, 5) is 2.65. The predicted molar refractivity (Wildman–Crippen MR) is 98.2 cm³/mol. The van der Waals surface area contributed by atoms with Gasteiger partial charge in [-0.15, -0.1) is 0 Å². The molecule has 0 aromatic heterocycles. The van der Waals surface area contributed by atoms with E-state index in [0.29, 0.717) is 17.9 Å². The van der Waals surface area contributed by atoms with E-state index in [9.17, 15) is 15.3 Å². The van der Waals surface area contributed by atoms with E-state index in [1.165, 1.54) is 0 Å². The Kier molecular flexibility index (Phi) is 2.92. The maximum atomic E-state index is 11.5. The van der Waals surface area contributed by atoms with Gasteiger partial charge in [-0.2, -0.15) is 0 Å². The van der Waals surface area contributed by atoms with Crippen LogP contribution in [0.5, 0.6) is 0 Å². The molecular weight excluding hydrogens is 326 g/mol. The number of fused-ring (bicyclic) bond motifs is 1. The molecule has 6 aliphatic rings. The van der Waals surface area contributed by atoms with Crippen molar-refractivity contribution in [3.05, 3.63) is 12.2 Å². The first kappa shape index (κ1) is 16.5. The van der Waals surface area contributed by atoms with Gasteiger partial charge in [0, 0.05) is 29.3 Å². The Labute approximate surface area is 156 Å². The minimum absolute atomic E-state index is 0.0547. The van der Waals surface area contributed by atoms with Crippen molar-refractivity contribution < 1.29 is 15.3 Å². The molecule has 1 heterocycles. The normalized spacial score (nSPS) is 65.5. The van der Waals surface area contributed by atoms with Crippen LogP contribution in [0.15, 0.2) is 12.2 Å². The van der Waals surface area contributed by atoms with Crippen LogP contribution in [0.25, 0.3) is 0 Å². The number of aliphatic hydroxyl groups is 3. The van der Waals surface area contributed by atoms with E-state index >= 15 is 0 Å². The minimum atomic E-state index is -0.500. The van der Waals surface area contributed by atoms with Crippen molar-refractivity contribution in [1.82, 2.24) is 4.90 Å². The first-order valence-electron chi connectivity index (χ1n) is 10.8. The molecule has 1 aliphatic heterocycles. The highest BCUT2D eigenvalue weighted by Gasteiger charge is 2.85. The number of nitrogens with zero attached hydrogens (tertiary/aromatic N) is 1. The van der Waals surface area contributed by atoms with Gasteiger partial charge in [0.1, 0.15) is 0 Å². The van der Waals surface area contributed by atoms with Gasteiger partial charge in [-0.25, -0.2) is 0 Å². The van der Waals surface area contributed by atoms with E-state index in [1.54, 1.807) is 0 Å². The second kappa shape index (κ2) is 4.59. The fourth-order valence-electron chi connectivity index (χ4n) is 9.97. The molecule has 1 saturated heterocycles. The van der Waals surface area contributed by atoms with Gasteiger partial charge >= 0.3 is 0 Å². The molecule has 26 heavy (non-hydrogen) atoms. The summed E-state index contributed by atoms with van der Waals surface area (Å²) in [6.07, 6.45) is 3.58. The average Bonchev–Trinajstić information content (AvgIpc) is 3.14. The van der Waals surface area contributed by atoms with Gasteiger partial charge in [0.2, 0.25) is 0 Å². The smallest absolute Gasteiger partial charge is 0.0813 e. The molecule has 144 valence electrons. The standard InChI is InChI=1S/C22H33NO3/c1-4-23-10-20(3)6-5-17(25)22-15(20)7-13(18(22)23)21-9-12(11(2)19(21)26)14(24)8-16(21)22/h12-19,24-26H,2,4-10H2,1,3H3/t12-,13+,14-,15-,16-,17+,18-,19-,20-,21-,22-/m1/s1. The molecule has 0 aromatic rings. The van der Waals surface area contributed by atoms with Crippen LogP contribution in [0, 0.1) is 39.9 Å². The van der Waals surface area contributed by atoms with Crippen LogP contribution in [-0.2, 0) is 0 Å². The van der Waals surface area contributed by atoms with Gasteiger partial charge in [0.15, 0.2) is 0 Å². The molecule has 0 unspecified atom stereocenters. The Hall–Kier alpha value is -0.420. The Morgan fingerprint density at radius 3 is 2.69 bits per heavy atom. The SMILES string of the molecule is C=C1[C@H]2C[C@]3([C@@H]1O)[C@@H](C[C@H]2O)[C@@]12[C@@H]4C[C@H]3[C@H]1N(CC)C[C@@]4(C)CC[C@@H]2O. The van der Waals surface area contributed by atoms with E-state index in [0.717, 1.165) is 50.8 Å². The lowest BCUT2D eigenvalue weighted by Gasteiger charge is -2.65. The van der Waals surface area contributed by atoms with E-state index < -0.39 is 12.2 Å². The maximum Gasteiger partial charge on any atom is 0.0813 e. The first-order chi connectivity index (χ1) is 12.3. The zero-order valence-corrected chi connectivity index (χ0v) is 16.1. The summed E-state index contributed by atoms with van der Waals surface area (Å²) in [6.45, 7) is 11.1. The zero-order valence-electron chi connectivity index (χ0n) is 16.1. The van der Waals surface area contributed by atoms with Crippen molar-refractivity contribution in [2.45, 2.75) is 70.3 Å². The Morgan fingerprint density at radius 2 is 1.96 bits per heavy atom. The molecule has 0 aromatic carbocycles. The molecule has 0 amide bonds. The molecule has 3 N–H and O–H groups in total. The topological polar surface area (TPSA) is 63.9 Å². The summed E-state index contributed by atoms with van der Waals surface area (Å²) in [7, 11) is 0. The quantitative estimate of drug-likeness (QED) is 0.625. The molecule has 4 heteroatoms. The van der Waals surface area contributed by atoms with Gasteiger partial charge in [-0.05, 0) is 67.4 Å². The summed E-state index contributed by atoms with van der Waals surface area (Å²) in [5.41, 5.74) is 0.849. The van der Waals surface area contributed by atoms with Crippen molar-refractivity contribution >= 4 is 0 Å². The molecule has 4 nitrogen and oxygen atoms in total. The number of hydrogen-bond acceptors (Lipinski definition) is 4. The second-order valence-corrected chi connectivity index (χ2v) is 10.9. The largest absolute Gasteiger partial charge is 0.392 e. The van der Waals surface area contributed by atoms with E-state index in [4.69, 9.17) is 0 Å². The fourth-order valence-corrected chi connectivity index (χ4v) is 9.97. The van der Waals surface area contributed by atoms with Crippen molar-refractivity contribution in [1.29, 1.82) is 0 Å². The van der Waals surface area contributed by atoms with Crippen molar-refractivity contribution in [3.8, 4) is 0 Å². The highest BCUT2D eigenvalue weighted by Crippen LogP contribution is 2.83. The summed E-state index contributed by atoms with van der Waals surface area (Å²) < 4.78 is 0. The van der Waals surface area contributed by atoms with E-state index in [1.807, 2.05) is 0 Å². The molecule has 7 bridgehead atoms. The van der Waals surface area contributed by atoms with Crippen LogP contribution >= 0.6 is 0 Å². The molecule has 0 radical (unpaired) electrons. The molecule has 5 aliphatic carbocycles. The van der Waals surface area contributed by atoms with Gasteiger partial charge in [-0.3, -0.25) is 4.90 Å². The van der Waals surface area contributed by atoms with Crippen LogP contribution in [-0.4, -0.2) is 57.7 Å². The lowest BCUT2D eigenvalue weighted by Crippen LogP contribution is -2.68. The van der Waals surface area contributed by atoms with Gasteiger partial charge in [0.05, 0.1) is 18.3 Å². The van der Waals surface area contributed by atoms with Crippen LogP contribution in [0.3, 0.4) is 0 Å². The third-order valence-electron chi connectivity index (χ3n) is 10.6. The second-order valence-electron chi connectivity index (χ2n) is 10.9. The van der Waals surface area contributed by atoms with Crippen molar-refractivity contribution in [2.75, 3.05) is 13.1 Å². The molecule has 11 atom stereocenters. The average molecular weight is 360 g/mol. The number of likely N-dealkylation sites (tertiary alicyclic amines) is 1. The monoisotopic (exact) mass is 359 g/mol. The molecule has 6 rings (SSSR count). The number of piperidine rings is 1. The first-order valence-corrected chi connectivity index (χ1v) is 10.8. The van der Waals surface area contributed by atoms with Crippen molar-refractivity contribution in [3.63, 3.8) is 0 Å². The number of aliphatic hydroxyl groups excluding tert-OH is 3. The van der Waals surface area contributed by atoms with Crippen LogP contribution in [0.4, 0.5) is 0 Å². The fraction of sp³-hybridized carbons (Fsp3) is 0.909. The van der Waals surface area contributed by atoms with Gasteiger partial charge < -0.3 is 15.3 Å². The Morgan fingerprint density at radius 1 is 1.19 bits per heavy atom. The van der Waals surface area contributed by atoms with E-state index in [-0.39, 0.29) is 34.2 Å². The molecule has 2 spiro atoms. The van der Waals surface area contributed by atoms with Crippen LogP contribution in [0.1, 0.15) is 46.0 Å². The van der Waals surface area contributed by atoms with Gasteiger partial charge in [-0.1, -0.05) is 20.4 Å². The summed E-state index contributed by atoms with van der Waals surface area (Å²) in [5, 5.41) is 33.8. The summed E-state index contributed by atoms with van der Waals surface area (Å²) in [6, 6.07) is 0.373. The summed E-state index contributed by atoms with van der Waals surface area (Å²) in [5.74, 6) is 1.26. The minimum Gasteiger partial charge on any atom is -0.392 e. The lowest BCUT2D eigenvalue weighted by molar-refractivity contribution is -0.218. The lowest BCUT2D eigenvalue weighted by atomic mass is 9.43. The number of hydrogen-bond donors (Lipinski definition) is 3. The van der Waals surface area contributed by atoms with Crippen LogP contribution < -0.4 is 0 Å². The summed E-state index contributed by atoms with van der Waals surface area (Å²) >= 11 is 0. The molecular formula is C22H33NO3. The Balaban J connectivity index is 1.61. The highest BCUT2D eigenvalue weighted by molar-refractivity contribution is 5.39.